The Morgan fingerprint density at radius 1 is 1.67 bits per heavy atom. The molecule has 0 amide bonds. The largest absolute Gasteiger partial charge is 0.469 e. The van der Waals surface area contributed by atoms with Crippen LogP contribution in [0.5, 0.6) is 0 Å². The number of aromatic nitrogens is 3. The van der Waals surface area contributed by atoms with Crippen molar-refractivity contribution in [3.63, 3.8) is 0 Å². The molecule has 0 aliphatic carbocycles. The quantitative estimate of drug-likeness (QED) is 0.605. The Morgan fingerprint density at radius 2 is 2.50 bits per heavy atom. The smallest absolute Gasteiger partial charge is 0.305 e. The molecule has 0 saturated heterocycles. The minimum Gasteiger partial charge on any atom is -0.469 e. The number of nitrogens with zero attached hydrogens (tertiary/aromatic N) is 3. The number of rotatable bonds is 4. The number of aryl methyl sites for hydroxylation is 1. The summed E-state index contributed by atoms with van der Waals surface area (Å²) in [5, 5.41) is 3.89. The van der Waals surface area contributed by atoms with Gasteiger partial charge in [-0.2, -0.15) is 5.10 Å². The fourth-order valence-corrected chi connectivity index (χ4v) is 0.836. The highest BCUT2D eigenvalue weighted by Gasteiger charge is 1.99. The molecule has 0 spiro atoms. The number of hydrogen-bond acceptors (Lipinski definition) is 4. The van der Waals surface area contributed by atoms with Gasteiger partial charge in [-0.1, -0.05) is 0 Å². The second kappa shape index (κ2) is 4.48. The standard InChI is InChI=1S/C7H11N3O2/c1-12-7(11)3-2-4-10-6-8-5-9-10/h5-6H,2-4H2,1H3. The summed E-state index contributed by atoms with van der Waals surface area (Å²) < 4.78 is 6.17. The van der Waals surface area contributed by atoms with Gasteiger partial charge >= 0.3 is 5.97 Å². The maximum Gasteiger partial charge on any atom is 0.305 e. The molecule has 0 fully saturated rings. The van der Waals surface area contributed by atoms with Crippen LogP contribution in [0.2, 0.25) is 0 Å². The lowest BCUT2D eigenvalue weighted by Crippen LogP contribution is -2.04. The van der Waals surface area contributed by atoms with Gasteiger partial charge in [0.05, 0.1) is 7.11 Å². The van der Waals surface area contributed by atoms with E-state index >= 15 is 0 Å². The molecule has 0 atom stereocenters. The molecule has 1 aromatic rings. The van der Waals surface area contributed by atoms with Crippen molar-refractivity contribution in [2.75, 3.05) is 7.11 Å². The molecule has 0 aliphatic heterocycles. The third-order valence-corrected chi connectivity index (χ3v) is 1.46. The molecule has 5 heteroatoms. The predicted molar refractivity (Wildman–Crippen MR) is 41.3 cm³/mol. The zero-order chi connectivity index (χ0) is 8.81. The van der Waals surface area contributed by atoms with Crippen molar-refractivity contribution in [3.05, 3.63) is 12.7 Å². The number of esters is 1. The summed E-state index contributed by atoms with van der Waals surface area (Å²) in [4.78, 5) is 14.4. The first-order chi connectivity index (χ1) is 5.83. The van der Waals surface area contributed by atoms with E-state index in [2.05, 4.69) is 14.8 Å². The Kier molecular flexibility index (Phi) is 3.25. The highest BCUT2D eigenvalue weighted by atomic mass is 16.5. The van der Waals surface area contributed by atoms with E-state index in [1.54, 1.807) is 11.0 Å². The minimum absolute atomic E-state index is 0.185. The third kappa shape index (κ3) is 2.69. The van der Waals surface area contributed by atoms with E-state index in [1.807, 2.05) is 0 Å². The molecule has 66 valence electrons. The summed E-state index contributed by atoms with van der Waals surface area (Å²) in [7, 11) is 1.39. The molecule has 5 nitrogen and oxygen atoms in total. The van der Waals surface area contributed by atoms with E-state index in [1.165, 1.54) is 13.4 Å². The van der Waals surface area contributed by atoms with E-state index in [4.69, 9.17) is 0 Å². The van der Waals surface area contributed by atoms with Crippen LogP contribution in [0.4, 0.5) is 0 Å². The van der Waals surface area contributed by atoms with Gasteiger partial charge < -0.3 is 4.74 Å². The Bertz CT molecular complexity index is 233. The van der Waals surface area contributed by atoms with Crippen molar-refractivity contribution in [1.29, 1.82) is 0 Å². The molecule has 0 bridgehead atoms. The van der Waals surface area contributed by atoms with Crippen molar-refractivity contribution in [1.82, 2.24) is 14.8 Å². The van der Waals surface area contributed by atoms with Crippen molar-refractivity contribution in [3.8, 4) is 0 Å². The Balaban J connectivity index is 2.15. The molecule has 1 aromatic heterocycles. The lowest BCUT2D eigenvalue weighted by atomic mass is 10.3. The lowest BCUT2D eigenvalue weighted by molar-refractivity contribution is -0.140. The maximum absolute atomic E-state index is 10.7. The van der Waals surface area contributed by atoms with Gasteiger partial charge in [-0.15, -0.1) is 0 Å². The fraction of sp³-hybridized carbons (Fsp3) is 0.571. The monoisotopic (exact) mass is 169 g/mol. The second-order valence-electron chi connectivity index (χ2n) is 2.34. The Labute approximate surface area is 70.4 Å². The van der Waals surface area contributed by atoms with Crippen LogP contribution >= 0.6 is 0 Å². The Morgan fingerprint density at radius 3 is 3.08 bits per heavy atom. The van der Waals surface area contributed by atoms with Gasteiger partial charge in [0.2, 0.25) is 0 Å². The van der Waals surface area contributed by atoms with Crippen molar-refractivity contribution in [2.24, 2.45) is 0 Å². The van der Waals surface area contributed by atoms with Gasteiger partial charge in [0.15, 0.2) is 0 Å². The van der Waals surface area contributed by atoms with Crippen LogP contribution in [0.25, 0.3) is 0 Å². The average Bonchev–Trinajstić information content (AvgIpc) is 2.57. The highest BCUT2D eigenvalue weighted by molar-refractivity contribution is 5.68. The molecule has 1 rings (SSSR count). The van der Waals surface area contributed by atoms with Crippen molar-refractivity contribution >= 4 is 5.97 Å². The molecular formula is C7H11N3O2. The minimum atomic E-state index is -0.185. The zero-order valence-electron chi connectivity index (χ0n) is 6.93. The summed E-state index contributed by atoms with van der Waals surface area (Å²) in [6, 6.07) is 0. The predicted octanol–water partition coefficient (Wildman–Crippen LogP) is 0.231. The van der Waals surface area contributed by atoms with E-state index in [0.717, 1.165) is 6.42 Å². The third-order valence-electron chi connectivity index (χ3n) is 1.46. The van der Waals surface area contributed by atoms with Gasteiger partial charge in [0.25, 0.3) is 0 Å². The number of hydrogen-bond donors (Lipinski definition) is 0. The van der Waals surface area contributed by atoms with Gasteiger partial charge in [-0.25, -0.2) is 4.98 Å². The number of methoxy groups -OCH3 is 1. The molecule has 0 N–H and O–H groups in total. The number of ether oxygens (including phenoxy) is 1. The van der Waals surface area contributed by atoms with Gasteiger partial charge in [-0.3, -0.25) is 9.48 Å². The van der Waals surface area contributed by atoms with Crippen LogP contribution < -0.4 is 0 Å². The summed E-state index contributed by atoms with van der Waals surface area (Å²) in [5.41, 5.74) is 0. The van der Waals surface area contributed by atoms with Gasteiger partial charge in [0.1, 0.15) is 12.7 Å². The highest BCUT2D eigenvalue weighted by Crippen LogP contribution is 1.94. The van der Waals surface area contributed by atoms with Crippen LogP contribution in [0, 0.1) is 0 Å². The first kappa shape index (κ1) is 8.70. The summed E-state index contributed by atoms with van der Waals surface area (Å²) in [5.74, 6) is -0.185. The molecular weight excluding hydrogens is 158 g/mol. The molecule has 0 aromatic carbocycles. The van der Waals surface area contributed by atoms with Crippen LogP contribution in [-0.4, -0.2) is 27.8 Å². The van der Waals surface area contributed by atoms with Crippen LogP contribution in [0.3, 0.4) is 0 Å². The molecule has 0 radical (unpaired) electrons. The summed E-state index contributed by atoms with van der Waals surface area (Å²) in [6.07, 6.45) is 4.25. The SMILES string of the molecule is COC(=O)CCCn1cncn1. The van der Waals surface area contributed by atoms with Crippen molar-refractivity contribution < 1.29 is 9.53 Å². The normalized spacial score (nSPS) is 9.75. The Hall–Kier alpha value is -1.39. The van der Waals surface area contributed by atoms with E-state index < -0.39 is 0 Å². The van der Waals surface area contributed by atoms with E-state index in [9.17, 15) is 4.79 Å². The number of carbonyl (C=O) groups is 1. The zero-order valence-corrected chi connectivity index (χ0v) is 6.93. The fourth-order valence-electron chi connectivity index (χ4n) is 0.836. The molecule has 12 heavy (non-hydrogen) atoms. The maximum atomic E-state index is 10.7. The molecule has 1 heterocycles. The van der Waals surface area contributed by atoms with Crippen LogP contribution in [0.1, 0.15) is 12.8 Å². The van der Waals surface area contributed by atoms with E-state index in [-0.39, 0.29) is 5.97 Å². The second-order valence-corrected chi connectivity index (χ2v) is 2.34. The van der Waals surface area contributed by atoms with Gasteiger partial charge in [0, 0.05) is 13.0 Å². The number of carbonyl (C=O) groups excluding carboxylic acids is 1. The first-order valence-electron chi connectivity index (χ1n) is 3.72. The molecule has 0 unspecified atom stereocenters. The average molecular weight is 169 g/mol. The topological polar surface area (TPSA) is 57.0 Å². The molecule has 0 aliphatic rings. The lowest BCUT2D eigenvalue weighted by Gasteiger charge is -1.98. The van der Waals surface area contributed by atoms with Crippen LogP contribution in [-0.2, 0) is 16.1 Å². The van der Waals surface area contributed by atoms with Crippen molar-refractivity contribution in [2.45, 2.75) is 19.4 Å². The summed E-state index contributed by atoms with van der Waals surface area (Å²) in [6.45, 7) is 0.703. The first-order valence-corrected chi connectivity index (χ1v) is 3.72. The van der Waals surface area contributed by atoms with Gasteiger partial charge in [-0.05, 0) is 6.42 Å². The molecule has 0 saturated carbocycles. The summed E-state index contributed by atoms with van der Waals surface area (Å²) >= 11 is 0. The van der Waals surface area contributed by atoms with Crippen LogP contribution in [0.15, 0.2) is 12.7 Å². The van der Waals surface area contributed by atoms with E-state index in [0.29, 0.717) is 13.0 Å².